The second-order valence-corrected chi connectivity index (χ2v) is 6.96. The van der Waals surface area contributed by atoms with E-state index < -0.39 is 0 Å². The summed E-state index contributed by atoms with van der Waals surface area (Å²) < 4.78 is 2.34. The molecule has 0 aliphatic carbocycles. The highest BCUT2D eigenvalue weighted by atomic mass is 35.5. The van der Waals surface area contributed by atoms with Gasteiger partial charge in [-0.2, -0.15) is 0 Å². The highest BCUT2D eigenvalue weighted by Crippen LogP contribution is 2.29. The van der Waals surface area contributed by atoms with Crippen LogP contribution < -0.4 is 0 Å². The van der Waals surface area contributed by atoms with E-state index in [0.29, 0.717) is 6.04 Å². The summed E-state index contributed by atoms with van der Waals surface area (Å²) in [6.45, 7) is 9.92. The number of aromatic nitrogens is 2. The second-order valence-electron chi connectivity index (χ2n) is 6.30. The molecule has 114 valence electrons. The summed E-state index contributed by atoms with van der Waals surface area (Å²) in [5.41, 5.74) is 3.51. The summed E-state index contributed by atoms with van der Waals surface area (Å²) in [7, 11) is 0. The number of benzene rings is 1. The molecule has 1 aliphatic rings. The average molecular weight is 306 g/mol. The number of halogens is 1. The fourth-order valence-electron chi connectivity index (χ4n) is 3.39. The van der Waals surface area contributed by atoms with E-state index in [1.807, 2.05) is 6.92 Å². The van der Waals surface area contributed by atoms with Crippen molar-refractivity contribution in [3.63, 3.8) is 0 Å². The van der Waals surface area contributed by atoms with Crippen LogP contribution in [0.2, 0.25) is 0 Å². The lowest BCUT2D eigenvalue weighted by molar-refractivity contribution is 0.287. The van der Waals surface area contributed by atoms with Crippen LogP contribution in [0.1, 0.15) is 49.5 Å². The van der Waals surface area contributed by atoms with Gasteiger partial charge in [0.15, 0.2) is 0 Å². The monoisotopic (exact) mass is 305 g/mol. The molecular weight excluding hydrogens is 282 g/mol. The molecule has 2 aromatic rings. The van der Waals surface area contributed by atoms with Gasteiger partial charge in [-0.15, -0.1) is 11.6 Å². The zero-order chi connectivity index (χ0) is 15.0. The number of fused-ring (bicyclic) bond motifs is 1. The molecule has 1 aromatic carbocycles. The Kier molecular flexibility index (Phi) is 4.23. The molecule has 0 saturated carbocycles. The molecule has 0 amide bonds. The Hall–Kier alpha value is -1.06. The molecule has 2 heterocycles. The van der Waals surface area contributed by atoms with E-state index in [1.165, 1.54) is 37.0 Å². The largest absolute Gasteiger partial charge is 0.323 e. The number of imidazole rings is 1. The van der Waals surface area contributed by atoms with Gasteiger partial charge in [0.2, 0.25) is 0 Å². The fourth-order valence-corrected chi connectivity index (χ4v) is 3.55. The fraction of sp³-hybridized carbons (Fsp3) is 0.588. The summed E-state index contributed by atoms with van der Waals surface area (Å²) in [6, 6.07) is 6.89. The van der Waals surface area contributed by atoms with Gasteiger partial charge in [-0.05, 0) is 64.4 Å². The summed E-state index contributed by atoms with van der Waals surface area (Å²) in [5.74, 6) is 0.990. The normalized spacial score (nSPS) is 19.2. The summed E-state index contributed by atoms with van der Waals surface area (Å²) in [5, 5.41) is -0.0706. The van der Waals surface area contributed by atoms with Gasteiger partial charge in [0.25, 0.3) is 0 Å². The standard InChI is InChI=1S/C17H24ClN3/c1-12-6-7-16-15(10-12)19-17(14(3)18)21(16)13(2)11-20-8-4-5-9-20/h6-7,10,13-14H,4-5,8-9,11H2,1-3H3. The molecule has 0 N–H and O–H groups in total. The smallest absolute Gasteiger partial charge is 0.128 e. The van der Waals surface area contributed by atoms with Crippen LogP contribution in [0.3, 0.4) is 0 Å². The van der Waals surface area contributed by atoms with Gasteiger partial charge >= 0.3 is 0 Å². The van der Waals surface area contributed by atoms with Crippen molar-refractivity contribution in [3.8, 4) is 0 Å². The maximum absolute atomic E-state index is 6.38. The number of aryl methyl sites for hydroxylation is 1. The van der Waals surface area contributed by atoms with Crippen LogP contribution in [0.15, 0.2) is 18.2 Å². The van der Waals surface area contributed by atoms with Crippen molar-refractivity contribution in [2.75, 3.05) is 19.6 Å². The number of hydrogen-bond acceptors (Lipinski definition) is 2. The Balaban J connectivity index is 1.99. The highest BCUT2D eigenvalue weighted by Gasteiger charge is 2.22. The third-order valence-corrected chi connectivity index (χ3v) is 4.59. The molecule has 0 radical (unpaired) electrons. The van der Waals surface area contributed by atoms with Crippen LogP contribution in [0, 0.1) is 6.92 Å². The van der Waals surface area contributed by atoms with E-state index in [1.54, 1.807) is 0 Å². The van der Waals surface area contributed by atoms with Gasteiger partial charge < -0.3 is 9.47 Å². The van der Waals surface area contributed by atoms with E-state index in [9.17, 15) is 0 Å². The summed E-state index contributed by atoms with van der Waals surface area (Å²) >= 11 is 6.38. The lowest BCUT2D eigenvalue weighted by Crippen LogP contribution is -2.28. The molecule has 0 spiro atoms. The quantitative estimate of drug-likeness (QED) is 0.785. The lowest BCUT2D eigenvalue weighted by Gasteiger charge is -2.24. The Bertz CT molecular complexity index is 626. The molecule has 0 bridgehead atoms. The first-order valence-electron chi connectivity index (χ1n) is 7.91. The number of rotatable bonds is 4. The first-order valence-corrected chi connectivity index (χ1v) is 8.35. The minimum atomic E-state index is -0.0706. The van der Waals surface area contributed by atoms with Gasteiger partial charge in [0, 0.05) is 12.6 Å². The molecular formula is C17H24ClN3. The van der Waals surface area contributed by atoms with Crippen LogP contribution in [-0.4, -0.2) is 34.1 Å². The van der Waals surface area contributed by atoms with Crippen LogP contribution in [0.5, 0.6) is 0 Å². The van der Waals surface area contributed by atoms with Crippen molar-refractivity contribution in [3.05, 3.63) is 29.6 Å². The van der Waals surface area contributed by atoms with E-state index in [4.69, 9.17) is 16.6 Å². The molecule has 1 aliphatic heterocycles. The lowest BCUT2D eigenvalue weighted by atomic mass is 10.2. The summed E-state index contributed by atoms with van der Waals surface area (Å²) in [6.07, 6.45) is 2.66. The van der Waals surface area contributed by atoms with Gasteiger partial charge in [-0.1, -0.05) is 6.07 Å². The number of likely N-dealkylation sites (tertiary alicyclic amines) is 1. The van der Waals surface area contributed by atoms with Crippen LogP contribution in [0.25, 0.3) is 11.0 Å². The maximum atomic E-state index is 6.38. The molecule has 21 heavy (non-hydrogen) atoms. The van der Waals surface area contributed by atoms with Crippen molar-refractivity contribution in [2.24, 2.45) is 0 Å². The van der Waals surface area contributed by atoms with Crippen molar-refractivity contribution >= 4 is 22.6 Å². The van der Waals surface area contributed by atoms with Gasteiger partial charge in [-0.25, -0.2) is 4.98 Å². The molecule has 3 rings (SSSR count). The molecule has 2 unspecified atom stereocenters. The Morgan fingerprint density at radius 3 is 2.62 bits per heavy atom. The minimum absolute atomic E-state index is 0.0706. The van der Waals surface area contributed by atoms with E-state index in [-0.39, 0.29) is 5.38 Å². The van der Waals surface area contributed by atoms with Crippen molar-refractivity contribution in [1.82, 2.24) is 14.5 Å². The Labute approximate surface area is 131 Å². The van der Waals surface area contributed by atoms with Crippen LogP contribution >= 0.6 is 11.6 Å². The van der Waals surface area contributed by atoms with Crippen molar-refractivity contribution < 1.29 is 0 Å². The van der Waals surface area contributed by atoms with Crippen molar-refractivity contribution in [1.29, 1.82) is 0 Å². The Morgan fingerprint density at radius 1 is 1.24 bits per heavy atom. The number of hydrogen-bond donors (Lipinski definition) is 0. The number of alkyl halides is 1. The zero-order valence-electron chi connectivity index (χ0n) is 13.1. The molecule has 1 saturated heterocycles. The topological polar surface area (TPSA) is 21.1 Å². The molecule has 1 fully saturated rings. The van der Waals surface area contributed by atoms with Gasteiger partial charge in [0.1, 0.15) is 5.82 Å². The summed E-state index contributed by atoms with van der Waals surface area (Å²) in [4.78, 5) is 7.33. The molecule has 2 atom stereocenters. The van der Waals surface area contributed by atoms with E-state index in [0.717, 1.165) is 17.9 Å². The van der Waals surface area contributed by atoms with Gasteiger partial charge in [0.05, 0.1) is 16.4 Å². The minimum Gasteiger partial charge on any atom is -0.323 e. The first kappa shape index (κ1) is 14.9. The SMILES string of the molecule is Cc1ccc2c(c1)nc(C(C)Cl)n2C(C)CN1CCCC1. The third kappa shape index (κ3) is 2.95. The van der Waals surface area contributed by atoms with E-state index >= 15 is 0 Å². The number of nitrogens with zero attached hydrogens (tertiary/aromatic N) is 3. The van der Waals surface area contributed by atoms with Crippen LogP contribution in [-0.2, 0) is 0 Å². The average Bonchev–Trinajstić information content (AvgIpc) is 3.04. The maximum Gasteiger partial charge on any atom is 0.128 e. The predicted molar refractivity (Wildman–Crippen MR) is 89.1 cm³/mol. The zero-order valence-corrected chi connectivity index (χ0v) is 13.9. The highest BCUT2D eigenvalue weighted by molar-refractivity contribution is 6.20. The molecule has 3 nitrogen and oxygen atoms in total. The Morgan fingerprint density at radius 2 is 1.95 bits per heavy atom. The van der Waals surface area contributed by atoms with E-state index in [2.05, 4.69) is 41.5 Å². The third-order valence-electron chi connectivity index (χ3n) is 4.39. The van der Waals surface area contributed by atoms with Crippen LogP contribution in [0.4, 0.5) is 0 Å². The molecule has 1 aromatic heterocycles. The van der Waals surface area contributed by atoms with Crippen molar-refractivity contribution in [2.45, 2.75) is 45.0 Å². The first-order chi connectivity index (χ1) is 10.1. The second kappa shape index (κ2) is 5.98. The predicted octanol–water partition coefficient (Wildman–Crippen LogP) is 4.30. The molecule has 4 heteroatoms. The van der Waals surface area contributed by atoms with Gasteiger partial charge in [-0.3, -0.25) is 0 Å².